The van der Waals surface area contributed by atoms with Crippen molar-refractivity contribution >= 4 is 34.5 Å². The summed E-state index contributed by atoms with van der Waals surface area (Å²) in [6.45, 7) is 6.56. The van der Waals surface area contributed by atoms with E-state index in [0.717, 1.165) is 28.4 Å². The number of hydrogen-bond donors (Lipinski definition) is 0. The van der Waals surface area contributed by atoms with E-state index in [0.29, 0.717) is 6.54 Å². The summed E-state index contributed by atoms with van der Waals surface area (Å²) in [5.41, 5.74) is 1.59. The first-order valence-electron chi connectivity index (χ1n) is 5.88. The van der Waals surface area contributed by atoms with E-state index in [2.05, 4.69) is 28.5 Å². The Hall–Kier alpha value is -1.07. The fourth-order valence-corrected chi connectivity index (χ4v) is 2.85. The van der Waals surface area contributed by atoms with Crippen LogP contribution < -0.4 is 0 Å². The maximum atomic E-state index is 5.96. The topological polar surface area (TPSA) is 43.6 Å². The van der Waals surface area contributed by atoms with Crippen LogP contribution in [0.15, 0.2) is 24.0 Å². The van der Waals surface area contributed by atoms with Gasteiger partial charge in [-0.2, -0.15) is 4.98 Å². The van der Waals surface area contributed by atoms with Crippen molar-refractivity contribution in [3.8, 4) is 0 Å². The molecule has 0 radical (unpaired) electrons. The Kier molecular flexibility index (Phi) is 4.60. The van der Waals surface area contributed by atoms with Gasteiger partial charge in [0.25, 0.3) is 0 Å². The molecule has 0 spiro atoms. The van der Waals surface area contributed by atoms with Crippen LogP contribution >= 0.6 is 23.4 Å². The minimum Gasteiger partial charge on any atom is -0.311 e. The average molecular weight is 283 g/mol. The number of rotatable bonds is 6. The summed E-state index contributed by atoms with van der Waals surface area (Å²) in [4.78, 5) is 12.9. The third kappa shape index (κ3) is 2.84. The minimum atomic E-state index is 0.271. The van der Waals surface area contributed by atoms with E-state index in [4.69, 9.17) is 11.6 Å². The standard InChI is InChI=1S/C12H15ClN4S/c1-3-5-7-18-11-9-10(15-12(13)16-11)17(6-4-2)8-14-9/h4,8H,2-3,5-7H2,1H3. The van der Waals surface area contributed by atoms with Gasteiger partial charge in [0.05, 0.1) is 6.33 Å². The van der Waals surface area contributed by atoms with E-state index >= 15 is 0 Å². The van der Waals surface area contributed by atoms with Crippen LogP contribution in [0.2, 0.25) is 5.28 Å². The van der Waals surface area contributed by atoms with Crippen molar-refractivity contribution in [2.24, 2.45) is 0 Å². The van der Waals surface area contributed by atoms with Crippen LogP contribution in [0, 0.1) is 0 Å². The molecule has 4 nitrogen and oxygen atoms in total. The van der Waals surface area contributed by atoms with Crippen LogP contribution in [0.1, 0.15) is 19.8 Å². The molecule has 0 aromatic carbocycles. The number of fused-ring (bicyclic) bond motifs is 1. The SMILES string of the molecule is C=CCn1cnc2c(SCCCC)nc(Cl)nc21. The Balaban J connectivity index is 2.37. The maximum absolute atomic E-state index is 5.96. The van der Waals surface area contributed by atoms with Gasteiger partial charge in [0, 0.05) is 6.54 Å². The predicted molar refractivity (Wildman–Crippen MR) is 76.2 cm³/mol. The average Bonchev–Trinajstić information content (AvgIpc) is 2.73. The number of unbranched alkanes of at least 4 members (excludes halogenated alkanes) is 1. The molecule has 0 atom stereocenters. The summed E-state index contributed by atoms with van der Waals surface area (Å²) in [5, 5.41) is 1.13. The fraction of sp³-hybridized carbons (Fsp3) is 0.417. The highest BCUT2D eigenvalue weighted by Gasteiger charge is 2.12. The molecule has 0 aliphatic rings. The zero-order valence-corrected chi connectivity index (χ0v) is 11.8. The van der Waals surface area contributed by atoms with Gasteiger partial charge in [-0.05, 0) is 23.8 Å². The number of halogens is 1. The third-order valence-electron chi connectivity index (χ3n) is 2.47. The highest BCUT2D eigenvalue weighted by atomic mass is 35.5. The Morgan fingerprint density at radius 1 is 1.50 bits per heavy atom. The highest BCUT2D eigenvalue weighted by molar-refractivity contribution is 7.99. The predicted octanol–water partition coefficient (Wildman–Crippen LogP) is 3.56. The summed E-state index contributed by atoms with van der Waals surface area (Å²) in [5.74, 6) is 1.02. The fourth-order valence-electron chi connectivity index (χ4n) is 1.58. The zero-order chi connectivity index (χ0) is 13.0. The summed E-state index contributed by atoms with van der Waals surface area (Å²) in [6, 6.07) is 0. The summed E-state index contributed by atoms with van der Waals surface area (Å²) in [7, 11) is 0. The first-order valence-corrected chi connectivity index (χ1v) is 7.24. The lowest BCUT2D eigenvalue weighted by Gasteiger charge is -2.03. The molecule has 6 heteroatoms. The Morgan fingerprint density at radius 2 is 2.33 bits per heavy atom. The lowest BCUT2D eigenvalue weighted by atomic mass is 10.4. The second-order valence-corrected chi connectivity index (χ2v) is 5.28. The highest BCUT2D eigenvalue weighted by Crippen LogP contribution is 2.26. The largest absolute Gasteiger partial charge is 0.311 e. The number of hydrogen-bond acceptors (Lipinski definition) is 4. The van der Waals surface area contributed by atoms with Crippen LogP contribution in [-0.4, -0.2) is 25.3 Å². The van der Waals surface area contributed by atoms with Gasteiger partial charge < -0.3 is 4.57 Å². The van der Waals surface area contributed by atoms with Crippen molar-refractivity contribution in [1.29, 1.82) is 0 Å². The molecule has 0 fully saturated rings. The molecule has 0 saturated carbocycles. The molecule has 18 heavy (non-hydrogen) atoms. The minimum absolute atomic E-state index is 0.271. The zero-order valence-electron chi connectivity index (χ0n) is 10.3. The van der Waals surface area contributed by atoms with Crippen molar-refractivity contribution in [2.45, 2.75) is 31.3 Å². The lowest BCUT2D eigenvalue weighted by molar-refractivity contribution is 0.837. The second-order valence-electron chi connectivity index (χ2n) is 3.86. The van der Waals surface area contributed by atoms with Crippen LogP contribution in [0.5, 0.6) is 0 Å². The van der Waals surface area contributed by atoms with Gasteiger partial charge in [-0.1, -0.05) is 19.4 Å². The molecule has 96 valence electrons. The number of nitrogens with zero attached hydrogens (tertiary/aromatic N) is 4. The van der Waals surface area contributed by atoms with Crippen molar-refractivity contribution in [3.63, 3.8) is 0 Å². The van der Waals surface area contributed by atoms with Crippen molar-refractivity contribution in [2.75, 3.05) is 5.75 Å². The molecular weight excluding hydrogens is 268 g/mol. The lowest BCUT2D eigenvalue weighted by Crippen LogP contribution is -1.96. The van der Waals surface area contributed by atoms with Crippen molar-refractivity contribution < 1.29 is 0 Å². The van der Waals surface area contributed by atoms with Gasteiger partial charge in [-0.25, -0.2) is 9.97 Å². The van der Waals surface area contributed by atoms with Gasteiger partial charge >= 0.3 is 0 Å². The van der Waals surface area contributed by atoms with Crippen LogP contribution in [-0.2, 0) is 6.54 Å². The number of aromatic nitrogens is 4. The van der Waals surface area contributed by atoms with Crippen LogP contribution in [0.25, 0.3) is 11.2 Å². The van der Waals surface area contributed by atoms with Crippen LogP contribution in [0.3, 0.4) is 0 Å². The molecule has 0 unspecified atom stereocenters. The first-order chi connectivity index (χ1) is 8.76. The van der Waals surface area contributed by atoms with E-state index in [1.807, 2.05) is 4.57 Å². The molecule has 0 aliphatic heterocycles. The summed E-state index contributed by atoms with van der Waals surface area (Å²) >= 11 is 7.65. The van der Waals surface area contributed by atoms with Gasteiger partial charge in [-0.15, -0.1) is 18.3 Å². The van der Waals surface area contributed by atoms with Gasteiger partial charge in [0.15, 0.2) is 5.65 Å². The number of imidazole rings is 1. The summed E-state index contributed by atoms with van der Waals surface area (Å²) < 4.78 is 1.92. The molecule has 2 heterocycles. The Labute approximate surface area is 115 Å². The van der Waals surface area contributed by atoms with E-state index < -0.39 is 0 Å². The van der Waals surface area contributed by atoms with Gasteiger partial charge in [0.2, 0.25) is 5.28 Å². The van der Waals surface area contributed by atoms with E-state index in [9.17, 15) is 0 Å². The molecule has 0 aliphatic carbocycles. The van der Waals surface area contributed by atoms with Gasteiger partial charge in [-0.3, -0.25) is 0 Å². The second kappa shape index (κ2) is 6.20. The van der Waals surface area contributed by atoms with Crippen LogP contribution in [0.4, 0.5) is 0 Å². The molecule has 0 bridgehead atoms. The molecule has 2 aromatic heterocycles. The molecule has 2 rings (SSSR count). The van der Waals surface area contributed by atoms with E-state index in [-0.39, 0.29) is 5.28 Å². The number of thioether (sulfide) groups is 1. The molecule has 0 N–H and O–H groups in total. The quantitative estimate of drug-likeness (QED) is 0.267. The maximum Gasteiger partial charge on any atom is 0.225 e. The van der Waals surface area contributed by atoms with Gasteiger partial charge in [0.1, 0.15) is 10.5 Å². The smallest absolute Gasteiger partial charge is 0.225 e. The summed E-state index contributed by atoms with van der Waals surface area (Å²) in [6.07, 6.45) is 5.88. The molecular formula is C12H15ClN4S. The molecule has 0 amide bonds. The molecule has 0 saturated heterocycles. The first kappa shape index (κ1) is 13.4. The van der Waals surface area contributed by atoms with E-state index in [1.54, 1.807) is 24.2 Å². The Morgan fingerprint density at radius 3 is 3.06 bits per heavy atom. The third-order valence-corrected chi connectivity index (χ3v) is 3.69. The molecule has 2 aromatic rings. The Bertz CT molecular complexity index is 552. The van der Waals surface area contributed by atoms with Crippen molar-refractivity contribution in [3.05, 3.63) is 24.3 Å². The monoisotopic (exact) mass is 282 g/mol. The van der Waals surface area contributed by atoms with Crippen molar-refractivity contribution in [1.82, 2.24) is 19.5 Å². The number of allylic oxidation sites excluding steroid dienone is 1. The normalized spacial score (nSPS) is 11.0. The van der Waals surface area contributed by atoms with E-state index in [1.165, 1.54) is 6.42 Å².